The molecule has 0 aliphatic heterocycles. The molecular formula is C13H15NO3. The SMILES string of the molecule is COC(=O)C(C)(C)C(O)c1cccc(C#N)c1. The predicted octanol–water partition coefficient (Wildman–Crippen LogP) is 1.79. The van der Waals surface area contributed by atoms with Crippen molar-refractivity contribution in [3.05, 3.63) is 35.4 Å². The summed E-state index contributed by atoms with van der Waals surface area (Å²) >= 11 is 0. The molecule has 0 fully saturated rings. The van der Waals surface area contributed by atoms with E-state index in [9.17, 15) is 9.90 Å². The maximum Gasteiger partial charge on any atom is 0.314 e. The Hall–Kier alpha value is -1.86. The molecule has 0 bridgehead atoms. The molecule has 90 valence electrons. The molecule has 0 aliphatic carbocycles. The van der Waals surface area contributed by atoms with Crippen molar-refractivity contribution in [2.24, 2.45) is 5.41 Å². The first-order valence-electron chi connectivity index (χ1n) is 5.20. The lowest BCUT2D eigenvalue weighted by Gasteiger charge is -2.27. The van der Waals surface area contributed by atoms with E-state index in [0.717, 1.165) is 0 Å². The van der Waals surface area contributed by atoms with Gasteiger partial charge in [0, 0.05) is 0 Å². The number of rotatable bonds is 3. The molecular weight excluding hydrogens is 218 g/mol. The lowest BCUT2D eigenvalue weighted by molar-refractivity contribution is -0.157. The average molecular weight is 233 g/mol. The van der Waals surface area contributed by atoms with Gasteiger partial charge in [-0.3, -0.25) is 4.79 Å². The van der Waals surface area contributed by atoms with E-state index in [0.29, 0.717) is 11.1 Å². The van der Waals surface area contributed by atoms with E-state index < -0.39 is 17.5 Å². The molecule has 0 amide bonds. The molecule has 0 spiro atoms. The van der Waals surface area contributed by atoms with Crippen LogP contribution in [0.5, 0.6) is 0 Å². The van der Waals surface area contributed by atoms with Crippen LogP contribution in [0.1, 0.15) is 31.1 Å². The van der Waals surface area contributed by atoms with Crippen molar-refractivity contribution >= 4 is 5.97 Å². The summed E-state index contributed by atoms with van der Waals surface area (Å²) < 4.78 is 4.65. The lowest BCUT2D eigenvalue weighted by Crippen LogP contribution is -2.32. The van der Waals surface area contributed by atoms with Gasteiger partial charge in [0.1, 0.15) is 0 Å². The Balaban J connectivity index is 3.08. The van der Waals surface area contributed by atoms with Crippen LogP contribution in [0.2, 0.25) is 0 Å². The molecule has 0 heterocycles. The van der Waals surface area contributed by atoms with Gasteiger partial charge in [0.25, 0.3) is 0 Å². The van der Waals surface area contributed by atoms with Crippen LogP contribution in [0, 0.1) is 16.7 Å². The number of methoxy groups -OCH3 is 1. The van der Waals surface area contributed by atoms with Crippen LogP contribution in [0.4, 0.5) is 0 Å². The summed E-state index contributed by atoms with van der Waals surface area (Å²) in [6.07, 6.45) is -1.01. The van der Waals surface area contributed by atoms with Crippen LogP contribution in [0.15, 0.2) is 24.3 Å². The fourth-order valence-electron chi connectivity index (χ4n) is 1.57. The standard InChI is InChI=1S/C13H15NO3/c1-13(2,12(16)17-3)11(15)10-6-4-5-9(7-10)8-14/h4-7,11,15H,1-3H3. The highest BCUT2D eigenvalue weighted by molar-refractivity contribution is 5.76. The van der Waals surface area contributed by atoms with Gasteiger partial charge in [-0.05, 0) is 31.5 Å². The monoisotopic (exact) mass is 233 g/mol. The van der Waals surface area contributed by atoms with Gasteiger partial charge in [-0.15, -0.1) is 0 Å². The van der Waals surface area contributed by atoms with E-state index in [2.05, 4.69) is 4.74 Å². The Morgan fingerprint density at radius 3 is 2.71 bits per heavy atom. The molecule has 4 heteroatoms. The predicted molar refractivity (Wildman–Crippen MR) is 61.9 cm³/mol. The van der Waals surface area contributed by atoms with Crippen LogP contribution >= 0.6 is 0 Å². The lowest BCUT2D eigenvalue weighted by atomic mass is 9.82. The molecule has 0 aromatic heterocycles. The minimum absolute atomic E-state index is 0.446. The first-order valence-corrected chi connectivity index (χ1v) is 5.20. The van der Waals surface area contributed by atoms with Gasteiger partial charge in [0.15, 0.2) is 0 Å². The van der Waals surface area contributed by atoms with Gasteiger partial charge in [-0.2, -0.15) is 5.26 Å². The zero-order valence-corrected chi connectivity index (χ0v) is 10.1. The van der Waals surface area contributed by atoms with Crippen LogP contribution < -0.4 is 0 Å². The maximum atomic E-state index is 11.6. The number of hydrogen-bond donors (Lipinski definition) is 1. The zero-order chi connectivity index (χ0) is 13.1. The largest absolute Gasteiger partial charge is 0.469 e. The normalized spacial score (nSPS) is 12.6. The molecule has 0 saturated carbocycles. The molecule has 0 saturated heterocycles. The molecule has 4 nitrogen and oxygen atoms in total. The summed E-state index contributed by atoms with van der Waals surface area (Å²) in [5.74, 6) is -0.493. The third kappa shape index (κ3) is 2.63. The highest BCUT2D eigenvalue weighted by atomic mass is 16.5. The second-order valence-corrected chi connectivity index (χ2v) is 4.35. The molecule has 1 aromatic carbocycles. The minimum Gasteiger partial charge on any atom is -0.469 e. The highest BCUT2D eigenvalue weighted by Gasteiger charge is 2.37. The van der Waals surface area contributed by atoms with E-state index in [4.69, 9.17) is 5.26 Å². The molecule has 1 unspecified atom stereocenters. The fourth-order valence-corrected chi connectivity index (χ4v) is 1.57. The fraction of sp³-hybridized carbons (Fsp3) is 0.385. The maximum absolute atomic E-state index is 11.6. The summed E-state index contributed by atoms with van der Waals surface area (Å²) in [5.41, 5.74) is -0.0790. The molecule has 0 aliphatic rings. The van der Waals surface area contributed by atoms with Gasteiger partial charge >= 0.3 is 5.97 Å². The van der Waals surface area contributed by atoms with Gasteiger partial charge in [-0.1, -0.05) is 12.1 Å². The second-order valence-electron chi connectivity index (χ2n) is 4.35. The number of ether oxygens (including phenoxy) is 1. The van der Waals surface area contributed by atoms with Crippen molar-refractivity contribution in [1.29, 1.82) is 5.26 Å². The Morgan fingerprint density at radius 1 is 1.53 bits per heavy atom. The zero-order valence-electron chi connectivity index (χ0n) is 10.1. The summed E-state index contributed by atoms with van der Waals surface area (Å²) in [5, 5.41) is 18.9. The van der Waals surface area contributed by atoms with Crippen molar-refractivity contribution < 1.29 is 14.6 Å². The topological polar surface area (TPSA) is 70.3 Å². The summed E-state index contributed by atoms with van der Waals surface area (Å²) in [6, 6.07) is 8.54. The third-order valence-corrected chi connectivity index (χ3v) is 2.73. The van der Waals surface area contributed by atoms with Crippen molar-refractivity contribution in [3.8, 4) is 6.07 Å². The summed E-state index contributed by atoms with van der Waals surface area (Å²) in [6.45, 7) is 3.20. The van der Waals surface area contributed by atoms with E-state index in [1.807, 2.05) is 6.07 Å². The van der Waals surface area contributed by atoms with E-state index >= 15 is 0 Å². The van der Waals surface area contributed by atoms with Crippen molar-refractivity contribution in [2.75, 3.05) is 7.11 Å². The van der Waals surface area contributed by atoms with Gasteiger partial charge in [0.05, 0.1) is 30.3 Å². The molecule has 1 rings (SSSR count). The minimum atomic E-state index is -1.05. The van der Waals surface area contributed by atoms with Gasteiger partial charge < -0.3 is 9.84 Å². The average Bonchev–Trinajstić information content (AvgIpc) is 2.36. The Labute approximate surface area is 100 Å². The molecule has 17 heavy (non-hydrogen) atoms. The molecule has 1 N–H and O–H groups in total. The number of carbonyl (C=O) groups is 1. The third-order valence-electron chi connectivity index (χ3n) is 2.73. The van der Waals surface area contributed by atoms with Crippen LogP contribution in [0.25, 0.3) is 0 Å². The van der Waals surface area contributed by atoms with E-state index in [1.165, 1.54) is 7.11 Å². The number of nitrogens with zero attached hydrogens (tertiary/aromatic N) is 1. The van der Waals surface area contributed by atoms with Crippen molar-refractivity contribution in [2.45, 2.75) is 20.0 Å². The smallest absolute Gasteiger partial charge is 0.314 e. The molecule has 1 atom stereocenters. The number of hydrogen-bond acceptors (Lipinski definition) is 4. The van der Waals surface area contributed by atoms with Gasteiger partial charge in [-0.25, -0.2) is 0 Å². The van der Waals surface area contributed by atoms with E-state index in [1.54, 1.807) is 38.1 Å². The number of benzene rings is 1. The van der Waals surface area contributed by atoms with Crippen molar-refractivity contribution in [1.82, 2.24) is 0 Å². The quantitative estimate of drug-likeness (QED) is 0.808. The van der Waals surface area contributed by atoms with Crippen LogP contribution in [-0.4, -0.2) is 18.2 Å². The van der Waals surface area contributed by atoms with Crippen molar-refractivity contribution in [3.63, 3.8) is 0 Å². The number of esters is 1. The summed E-state index contributed by atoms with van der Waals surface area (Å²) in [7, 11) is 1.28. The molecule has 1 aromatic rings. The summed E-state index contributed by atoms with van der Waals surface area (Å²) in [4.78, 5) is 11.6. The van der Waals surface area contributed by atoms with E-state index in [-0.39, 0.29) is 0 Å². The number of carbonyl (C=O) groups excluding carboxylic acids is 1. The first-order chi connectivity index (χ1) is 7.93. The molecule has 0 radical (unpaired) electrons. The Morgan fingerprint density at radius 2 is 2.18 bits per heavy atom. The van der Waals surface area contributed by atoms with Crippen LogP contribution in [-0.2, 0) is 9.53 Å². The Bertz CT molecular complexity index is 460. The van der Waals surface area contributed by atoms with Crippen LogP contribution in [0.3, 0.4) is 0 Å². The number of aliphatic hydroxyl groups is 1. The van der Waals surface area contributed by atoms with Gasteiger partial charge in [0.2, 0.25) is 0 Å². The number of aliphatic hydroxyl groups excluding tert-OH is 1. The number of nitriles is 1. The Kier molecular flexibility index (Phi) is 3.87. The highest BCUT2D eigenvalue weighted by Crippen LogP contribution is 2.34. The second kappa shape index (κ2) is 4.98. The first kappa shape index (κ1) is 13.2.